The number of aryl methyl sites for hydroxylation is 1. The van der Waals surface area contributed by atoms with Gasteiger partial charge in [-0.2, -0.15) is 5.26 Å². The molecular formula is C21H23N3O4S2. The number of nitrogens with zero attached hydrogens (tertiary/aromatic N) is 1. The van der Waals surface area contributed by atoms with Crippen molar-refractivity contribution in [2.45, 2.75) is 18.2 Å². The van der Waals surface area contributed by atoms with Gasteiger partial charge in [-0.05, 0) is 55.4 Å². The van der Waals surface area contributed by atoms with Crippen molar-refractivity contribution >= 4 is 27.2 Å². The molecule has 9 heteroatoms. The molecule has 0 spiro atoms. The van der Waals surface area contributed by atoms with Crippen LogP contribution in [0.3, 0.4) is 0 Å². The van der Waals surface area contributed by atoms with E-state index in [4.69, 9.17) is 21.7 Å². The fraction of sp³-hybridized carbons (Fsp3) is 0.238. The van der Waals surface area contributed by atoms with Crippen LogP contribution in [0.15, 0.2) is 58.5 Å². The minimum Gasteiger partial charge on any atom is -0.493 e. The number of benzene rings is 2. The molecule has 0 aliphatic carbocycles. The largest absolute Gasteiger partial charge is 0.493 e. The molecule has 2 aromatic rings. The second-order valence-corrected chi connectivity index (χ2v) is 8.60. The van der Waals surface area contributed by atoms with E-state index in [9.17, 15) is 13.7 Å². The minimum atomic E-state index is -3.92. The van der Waals surface area contributed by atoms with Gasteiger partial charge in [-0.15, -0.1) is 0 Å². The molecule has 0 radical (unpaired) electrons. The second kappa shape index (κ2) is 10.6. The number of nitrogens with one attached hydrogen (secondary N) is 2. The van der Waals surface area contributed by atoms with Crippen LogP contribution in [0, 0.1) is 18.3 Å². The number of hydrogen-bond donors (Lipinski definition) is 2. The average Bonchev–Trinajstić information content (AvgIpc) is 2.74. The van der Waals surface area contributed by atoms with Gasteiger partial charge in [0.25, 0.3) is 0 Å². The molecule has 0 fully saturated rings. The van der Waals surface area contributed by atoms with E-state index in [0.29, 0.717) is 24.5 Å². The predicted octanol–water partition coefficient (Wildman–Crippen LogP) is 2.86. The summed E-state index contributed by atoms with van der Waals surface area (Å²) < 4.78 is 35.7. The van der Waals surface area contributed by atoms with Crippen molar-refractivity contribution in [2.24, 2.45) is 0 Å². The summed E-state index contributed by atoms with van der Waals surface area (Å²) in [5.41, 5.74) is 1.94. The van der Waals surface area contributed by atoms with Crippen LogP contribution >= 0.6 is 12.2 Å². The van der Waals surface area contributed by atoms with Gasteiger partial charge in [0, 0.05) is 12.7 Å². The molecule has 0 aromatic heterocycles. The zero-order chi connectivity index (χ0) is 22.1. The predicted molar refractivity (Wildman–Crippen MR) is 119 cm³/mol. The van der Waals surface area contributed by atoms with Crippen LogP contribution < -0.4 is 20.1 Å². The topological polar surface area (TPSA) is 100 Å². The van der Waals surface area contributed by atoms with Crippen molar-refractivity contribution in [1.82, 2.24) is 10.6 Å². The van der Waals surface area contributed by atoms with Crippen LogP contribution in [-0.4, -0.2) is 34.3 Å². The van der Waals surface area contributed by atoms with Gasteiger partial charge in [-0.1, -0.05) is 23.8 Å². The first-order chi connectivity index (χ1) is 14.3. The Morgan fingerprint density at radius 1 is 1.13 bits per heavy atom. The Kier molecular flexibility index (Phi) is 8.21. The third-order valence-electron chi connectivity index (χ3n) is 4.21. The zero-order valence-electron chi connectivity index (χ0n) is 16.9. The molecule has 0 bridgehead atoms. The summed E-state index contributed by atoms with van der Waals surface area (Å²) in [7, 11) is -0.770. The molecule has 158 valence electrons. The van der Waals surface area contributed by atoms with Gasteiger partial charge in [-0.3, -0.25) is 0 Å². The molecular weight excluding hydrogens is 422 g/mol. The Morgan fingerprint density at radius 2 is 1.80 bits per heavy atom. The lowest BCUT2D eigenvalue weighted by Crippen LogP contribution is -2.33. The van der Waals surface area contributed by atoms with E-state index >= 15 is 0 Å². The smallest absolute Gasteiger partial charge is 0.218 e. The molecule has 0 unspecified atom stereocenters. The first-order valence-electron chi connectivity index (χ1n) is 8.99. The summed E-state index contributed by atoms with van der Waals surface area (Å²) in [5.74, 6) is 1.29. The summed E-state index contributed by atoms with van der Waals surface area (Å²) in [5, 5.41) is 15.1. The number of hydrogen-bond acceptors (Lipinski definition) is 6. The molecule has 7 nitrogen and oxygen atoms in total. The van der Waals surface area contributed by atoms with Crippen LogP contribution in [0.2, 0.25) is 0 Å². The summed E-state index contributed by atoms with van der Waals surface area (Å²) in [6, 6.07) is 13.6. The SMILES string of the molecule is COc1ccc(CCNC(=S)NC=C(C#N)S(=O)(=O)c2ccc(C)cc2)cc1OC. The van der Waals surface area contributed by atoms with Crippen molar-refractivity contribution in [2.75, 3.05) is 20.8 Å². The lowest BCUT2D eigenvalue weighted by Gasteiger charge is -2.11. The van der Waals surface area contributed by atoms with E-state index < -0.39 is 14.7 Å². The highest BCUT2D eigenvalue weighted by molar-refractivity contribution is 7.95. The number of rotatable bonds is 8. The van der Waals surface area contributed by atoms with Gasteiger partial charge in [-0.25, -0.2) is 8.42 Å². The molecule has 2 rings (SSSR count). The van der Waals surface area contributed by atoms with Crippen LogP contribution in [0.25, 0.3) is 0 Å². The number of allylic oxidation sites excluding steroid dienone is 1. The molecule has 0 saturated heterocycles. The zero-order valence-corrected chi connectivity index (χ0v) is 18.6. The average molecular weight is 446 g/mol. The molecule has 30 heavy (non-hydrogen) atoms. The minimum absolute atomic E-state index is 0.0510. The summed E-state index contributed by atoms with van der Waals surface area (Å²) in [4.78, 5) is -0.370. The van der Waals surface area contributed by atoms with E-state index in [1.165, 1.54) is 12.1 Å². The highest BCUT2D eigenvalue weighted by Gasteiger charge is 2.20. The third-order valence-corrected chi connectivity index (χ3v) is 6.16. The fourth-order valence-electron chi connectivity index (χ4n) is 2.55. The molecule has 0 amide bonds. The Labute approximate surface area is 182 Å². The van der Waals surface area contributed by atoms with Crippen LogP contribution in [0.5, 0.6) is 11.5 Å². The summed E-state index contributed by atoms with van der Waals surface area (Å²) in [6.07, 6.45) is 1.75. The Morgan fingerprint density at radius 3 is 2.40 bits per heavy atom. The maximum Gasteiger partial charge on any atom is 0.218 e. The molecule has 2 N–H and O–H groups in total. The van der Waals surface area contributed by atoms with Crippen LogP contribution in [0.4, 0.5) is 0 Å². The number of ether oxygens (including phenoxy) is 2. The van der Waals surface area contributed by atoms with Crippen LogP contribution in [0.1, 0.15) is 11.1 Å². The Balaban J connectivity index is 1.96. The summed E-state index contributed by atoms with van der Waals surface area (Å²) in [6.45, 7) is 2.35. The normalized spacial score (nSPS) is 11.3. The number of methoxy groups -OCH3 is 2. The molecule has 0 aliphatic heterocycles. The highest BCUT2D eigenvalue weighted by atomic mass is 32.2. The third kappa shape index (κ3) is 5.95. The molecule has 0 atom stereocenters. The van der Waals surface area contributed by atoms with E-state index in [0.717, 1.165) is 17.3 Å². The van der Waals surface area contributed by atoms with Gasteiger partial charge >= 0.3 is 0 Å². The van der Waals surface area contributed by atoms with E-state index in [2.05, 4.69) is 10.6 Å². The lowest BCUT2D eigenvalue weighted by molar-refractivity contribution is 0.354. The first-order valence-corrected chi connectivity index (χ1v) is 10.9. The quantitative estimate of drug-likeness (QED) is 0.473. The fourth-order valence-corrected chi connectivity index (χ4v) is 3.80. The van der Waals surface area contributed by atoms with Crippen LogP contribution in [-0.2, 0) is 16.3 Å². The van der Waals surface area contributed by atoms with Crippen molar-refractivity contribution in [3.8, 4) is 17.6 Å². The lowest BCUT2D eigenvalue weighted by atomic mass is 10.1. The van der Waals surface area contributed by atoms with Crippen molar-refractivity contribution in [3.63, 3.8) is 0 Å². The number of thiocarbonyl (C=S) groups is 1. The number of sulfone groups is 1. The second-order valence-electron chi connectivity index (χ2n) is 6.28. The van der Waals surface area contributed by atoms with E-state index in [-0.39, 0.29) is 10.0 Å². The maximum atomic E-state index is 12.6. The van der Waals surface area contributed by atoms with Gasteiger partial charge < -0.3 is 20.1 Å². The van der Waals surface area contributed by atoms with Gasteiger partial charge in [0.2, 0.25) is 9.84 Å². The monoisotopic (exact) mass is 445 g/mol. The Hall–Kier alpha value is -3.09. The van der Waals surface area contributed by atoms with Crippen molar-refractivity contribution in [3.05, 3.63) is 64.7 Å². The molecule has 0 saturated carbocycles. The molecule has 0 heterocycles. The van der Waals surface area contributed by atoms with Gasteiger partial charge in [0.05, 0.1) is 19.1 Å². The van der Waals surface area contributed by atoms with E-state index in [1.807, 2.05) is 25.1 Å². The van der Waals surface area contributed by atoms with Gasteiger partial charge in [0.15, 0.2) is 21.5 Å². The maximum absolute atomic E-state index is 12.6. The van der Waals surface area contributed by atoms with E-state index in [1.54, 1.807) is 32.4 Å². The first kappa shape index (κ1) is 23.2. The van der Waals surface area contributed by atoms with Crippen molar-refractivity contribution < 1.29 is 17.9 Å². The van der Waals surface area contributed by atoms with Crippen molar-refractivity contribution in [1.29, 1.82) is 5.26 Å². The Bertz CT molecular complexity index is 1070. The molecule has 0 aliphatic rings. The molecule has 2 aromatic carbocycles. The number of nitriles is 1. The standard InChI is InChI=1S/C21H23N3O4S2/c1-15-4-7-17(8-5-15)30(25,26)18(13-22)14-24-21(29)23-11-10-16-6-9-19(27-2)20(12-16)28-3/h4-9,12,14H,10-11H2,1-3H3,(H2,23,24,29). The summed E-state index contributed by atoms with van der Waals surface area (Å²) >= 11 is 5.16. The van der Waals surface area contributed by atoms with Gasteiger partial charge in [0.1, 0.15) is 6.07 Å². The highest BCUT2D eigenvalue weighted by Crippen LogP contribution is 2.27.